The molecule has 1 atom stereocenters. The minimum absolute atomic E-state index is 0.216. The highest BCUT2D eigenvalue weighted by Crippen LogP contribution is 2.39. The zero-order valence-electron chi connectivity index (χ0n) is 24.3. The number of aliphatic hydroxyl groups excluding tert-OH is 2. The Balaban J connectivity index is 1.21. The van der Waals surface area contributed by atoms with E-state index in [2.05, 4.69) is 37.3 Å². The molecule has 1 saturated heterocycles. The quantitative estimate of drug-likeness (QED) is 0.191. The van der Waals surface area contributed by atoms with Gasteiger partial charge in [-0.05, 0) is 66.4 Å². The van der Waals surface area contributed by atoms with Crippen LogP contribution in [0.5, 0.6) is 0 Å². The first-order valence-corrected chi connectivity index (χ1v) is 14.9. The lowest BCUT2D eigenvalue weighted by atomic mass is 10.0. The molecule has 10 nitrogen and oxygen atoms in total. The van der Waals surface area contributed by atoms with Crippen LogP contribution in [0.1, 0.15) is 28.7 Å². The van der Waals surface area contributed by atoms with Gasteiger partial charge in [0.15, 0.2) is 11.4 Å². The molecule has 0 radical (unpaired) electrons. The van der Waals surface area contributed by atoms with Gasteiger partial charge in [0.25, 0.3) is 0 Å². The maximum absolute atomic E-state index is 9.87. The Kier molecular flexibility index (Phi) is 7.61. The molecule has 45 heavy (non-hydrogen) atoms. The first kappa shape index (κ1) is 28.8. The number of hydrogen-bond donors (Lipinski definition) is 3. The Morgan fingerprint density at radius 3 is 2.76 bits per heavy atom. The van der Waals surface area contributed by atoms with Gasteiger partial charge < -0.3 is 19.9 Å². The van der Waals surface area contributed by atoms with Gasteiger partial charge in [0.1, 0.15) is 17.1 Å². The first-order valence-electron chi connectivity index (χ1n) is 14.5. The van der Waals surface area contributed by atoms with Crippen LogP contribution in [0.25, 0.3) is 44.7 Å². The van der Waals surface area contributed by atoms with Crippen LogP contribution in [0.2, 0.25) is 5.02 Å². The summed E-state index contributed by atoms with van der Waals surface area (Å²) in [4.78, 5) is 20.8. The van der Waals surface area contributed by atoms with Crippen LogP contribution >= 0.6 is 11.6 Å². The van der Waals surface area contributed by atoms with Gasteiger partial charge >= 0.3 is 0 Å². The number of fused-ring (bicyclic) bond motifs is 2. The fraction of sp³-hybridized carbons (Fsp3) is 0.206. The lowest BCUT2D eigenvalue weighted by Gasteiger charge is -2.16. The minimum Gasteiger partial charge on any atom is -0.435 e. The average molecular weight is 618 g/mol. The zero-order chi connectivity index (χ0) is 31.1. The number of benzene rings is 2. The third kappa shape index (κ3) is 5.47. The van der Waals surface area contributed by atoms with E-state index in [1.807, 2.05) is 37.4 Å². The SMILES string of the molecule is Cc1c(Nc2nccc3cc(CN4CC[C@@H](O)C4)cnc23)cccc1-c1nccc(-c2nc3cc(CO)cc(C#N)c3o2)c1Cl. The molecule has 1 fully saturated rings. The topological polar surface area (TPSA) is 144 Å². The Morgan fingerprint density at radius 1 is 1.09 bits per heavy atom. The van der Waals surface area contributed by atoms with E-state index in [0.717, 1.165) is 52.8 Å². The van der Waals surface area contributed by atoms with E-state index in [4.69, 9.17) is 21.0 Å². The maximum Gasteiger partial charge on any atom is 0.229 e. The summed E-state index contributed by atoms with van der Waals surface area (Å²) < 4.78 is 6.00. The predicted octanol–water partition coefficient (Wildman–Crippen LogP) is 6.14. The van der Waals surface area contributed by atoms with E-state index in [1.165, 1.54) is 0 Å². The largest absolute Gasteiger partial charge is 0.435 e. The van der Waals surface area contributed by atoms with Crippen molar-refractivity contribution in [2.75, 3.05) is 18.4 Å². The van der Waals surface area contributed by atoms with E-state index in [1.54, 1.807) is 30.6 Å². The van der Waals surface area contributed by atoms with Crippen LogP contribution < -0.4 is 5.32 Å². The van der Waals surface area contributed by atoms with E-state index < -0.39 is 0 Å². The number of likely N-dealkylation sites (tertiary alicyclic amines) is 1. The van der Waals surface area contributed by atoms with E-state index in [9.17, 15) is 15.5 Å². The number of nitriles is 1. The summed E-state index contributed by atoms with van der Waals surface area (Å²) in [6, 6.07) is 17.0. The summed E-state index contributed by atoms with van der Waals surface area (Å²) >= 11 is 6.96. The van der Waals surface area contributed by atoms with Crippen molar-refractivity contribution in [3.05, 3.63) is 94.4 Å². The molecule has 1 aliphatic rings. The molecule has 0 bridgehead atoms. The molecule has 0 aliphatic carbocycles. The second-order valence-electron chi connectivity index (χ2n) is 11.2. The van der Waals surface area contributed by atoms with Gasteiger partial charge in [0, 0.05) is 54.9 Å². The summed E-state index contributed by atoms with van der Waals surface area (Å²) in [7, 11) is 0. The first-order chi connectivity index (χ1) is 21.9. The Hall–Kier alpha value is -4.92. The molecule has 0 saturated carbocycles. The van der Waals surface area contributed by atoms with Gasteiger partial charge in [-0.3, -0.25) is 14.9 Å². The predicted molar refractivity (Wildman–Crippen MR) is 172 cm³/mol. The van der Waals surface area contributed by atoms with Gasteiger partial charge in [0.05, 0.1) is 34.6 Å². The Bertz CT molecular complexity index is 2120. The van der Waals surface area contributed by atoms with Crippen molar-refractivity contribution in [1.29, 1.82) is 5.26 Å². The van der Waals surface area contributed by atoms with E-state index >= 15 is 0 Å². The smallest absolute Gasteiger partial charge is 0.229 e. The van der Waals surface area contributed by atoms with Gasteiger partial charge in [-0.15, -0.1) is 0 Å². The van der Waals surface area contributed by atoms with Crippen LogP contribution in [0.4, 0.5) is 11.5 Å². The summed E-state index contributed by atoms with van der Waals surface area (Å²) in [5.74, 6) is 0.884. The highest BCUT2D eigenvalue weighted by Gasteiger charge is 2.22. The number of halogens is 1. The van der Waals surface area contributed by atoms with Gasteiger partial charge in [-0.2, -0.15) is 5.26 Å². The third-order valence-electron chi connectivity index (χ3n) is 8.12. The fourth-order valence-corrected chi connectivity index (χ4v) is 6.12. The highest BCUT2D eigenvalue weighted by atomic mass is 35.5. The molecule has 6 aromatic rings. The van der Waals surface area contributed by atoms with Crippen LogP contribution in [-0.4, -0.2) is 54.2 Å². The molecular weight excluding hydrogens is 590 g/mol. The van der Waals surface area contributed by atoms with Crippen molar-refractivity contribution in [3.63, 3.8) is 0 Å². The summed E-state index contributed by atoms with van der Waals surface area (Å²) in [5, 5.41) is 33.8. The number of nitrogens with zero attached hydrogens (tertiary/aromatic N) is 6. The molecule has 224 valence electrons. The van der Waals surface area contributed by atoms with Crippen LogP contribution in [0.3, 0.4) is 0 Å². The van der Waals surface area contributed by atoms with Crippen LogP contribution in [0.15, 0.2) is 71.5 Å². The molecule has 0 unspecified atom stereocenters. The second-order valence-corrected chi connectivity index (χ2v) is 11.5. The molecule has 1 aliphatic heterocycles. The standard InChI is InChI=1S/C34H28ClN7O3/c1-19-25(31-29(35)26(6-9-37-31)34-41-28-13-20(18-43)11-23(14-36)32(28)45-34)3-2-4-27(19)40-33-30-22(5-8-38-33)12-21(15-39-30)16-42-10-7-24(44)17-42/h2-6,8-9,11-13,15,24,43-44H,7,10,16-18H2,1H3,(H,38,40)/t24-/m1/s1. The zero-order valence-corrected chi connectivity index (χ0v) is 25.1. The monoisotopic (exact) mass is 617 g/mol. The van der Waals surface area contributed by atoms with Crippen LogP contribution in [0, 0.1) is 18.3 Å². The number of β-amino-alcohol motifs (C(OH)–C–C–N with tert-alkyl or cyclic N) is 1. The minimum atomic E-state index is -0.259. The number of rotatable bonds is 7. The van der Waals surface area contributed by atoms with Crippen molar-refractivity contribution in [2.45, 2.75) is 32.6 Å². The van der Waals surface area contributed by atoms with E-state index in [-0.39, 0.29) is 24.2 Å². The van der Waals surface area contributed by atoms with Crippen molar-refractivity contribution >= 4 is 45.1 Å². The van der Waals surface area contributed by atoms with Crippen molar-refractivity contribution < 1.29 is 14.6 Å². The number of nitrogens with one attached hydrogen (secondary N) is 1. The fourth-order valence-electron chi connectivity index (χ4n) is 5.83. The van der Waals surface area contributed by atoms with Gasteiger partial charge in [0.2, 0.25) is 5.89 Å². The maximum atomic E-state index is 9.87. The van der Waals surface area contributed by atoms with Gasteiger partial charge in [-0.1, -0.05) is 23.7 Å². The average Bonchev–Trinajstić information content (AvgIpc) is 3.67. The number of aliphatic hydroxyl groups is 2. The van der Waals surface area contributed by atoms with Gasteiger partial charge in [-0.25, -0.2) is 9.97 Å². The second kappa shape index (κ2) is 11.9. The van der Waals surface area contributed by atoms with Crippen molar-refractivity contribution in [1.82, 2.24) is 24.8 Å². The van der Waals surface area contributed by atoms with Crippen LogP contribution in [-0.2, 0) is 13.2 Å². The number of oxazole rings is 1. The summed E-state index contributed by atoms with van der Waals surface area (Å²) in [5.41, 5.74) is 7.11. The number of aromatic nitrogens is 4. The molecule has 7 rings (SSSR count). The lowest BCUT2D eigenvalue weighted by molar-refractivity contribution is 0.175. The molecule has 4 aromatic heterocycles. The molecule has 11 heteroatoms. The van der Waals surface area contributed by atoms with Crippen molar-refractivity contribution in [3.8, 4) is 28.8 Å². The highest BCUT2D eigenvalue weighted by molar-refractivity contribution is 6.35. The molecule has 0 amide bonds. The number of hydrogen-bond acceptors (Lipinski definition) is 10. The molecular formula is C34H28ClN7O3. The lowest BCUT2D eigenvalue weighted by Crippen LogP contribution is -2.21. The van der Waals surface area contributed by atoms with E-state index in [0.29, 0.717) is 45.3 Å². The number of pyridine rings is 3. The normalized spacial score (nSPS) is 15.1. The third-order valence-corrected chi connectivity index (χ3v) is 8.51. The summed E-state index contributed by atoms with van der Waals surface area (Å²) in [6.45, 7) is 4.07. The Labute approximate surface area is 263 Å². The van der Waals surface area contributed by atoms with Crippen molar-refractivity contribution in [2.24, 2.45) is 0 Å². The number of anilines is 2. The molecule has 0 spiro atoms. The Morgan fingerprint density at radius 2 is 1.96 bits per heavy atom. The summed E-state index contributed by atoms with van der Waals surface area (Å²) in [6.07, 6.45) is 5.82. The molecule has 3 N–H and O–H groups in total. The molecule has 5 heterocycles. The molecule has 2 aromatic carbocycles.